The Morgan fingerprint density at radius 3 is 2.60 bits per heavy atom. The van der Waals surface area contributed by atoms with E-state index in [0.29, 0.717) is 23.8 Å². The van der Waals surface area contributed by atoms with Gasteiger partial charge >= 0.3 is 5.97 Å². The average molecular weight is 570 g/mol. The number of nitrogens with two attached hydrogens (primary N) is 1. The molecule has 0 saturated heterocycles. The van der Waals surface area contributed by atoms with Crippen LogP contribution < -0.4 is 21.7 Å². The summed E-state index contributed by atoms with van der Waals surface area (Å²) in [6.45, 7) is 3.25. The second-order valence-corrected chi connectivity index (χ2v) is 11.0. The number of rotatable bonds is 12. The molecular weight excluding hydrogens is 537 g/mol. The second-order valence-electron chi connectivity index (χ2n) is 9.79. The molecule has 4 rings (SSSR count). The molecule has 1 aliphatic carbocycles. The van der Waals surface area contributed by atoms with Crippen molar-refractivity contribution in [3.05, 3.63) is 59.0 Å². The van der Waals surface area contributed by atoms with Crippen LogP contribution in [0.25, 0.3) is 10.6 Å². The monoisotopic (exact) mass is 569 g/mol. The van der Waals surface area contributed by atoms with E-state index in [9.17, 15) is 18.8 Å². The fourth-order valence-corrected chi connectivity index (χ4v) is 5.12. The Hall–Kier alpha value is -3.97. The van der Waals surface area contributed by atoms with Crippen LogP contribution in [0, 0.1) is 5.82 Å². The van der Waals surface area contributed by atoms with Gasteiger partial charge in [-0.05, 0) is 63.1 Å². The molecule has 0 spiro atoms. The molecule has 0 bridgehead atoms. The van der Waals surface area contributed by atoms with E-state index in [-0.39, 0.29) is 17.8 Å². The summed E-state index contributed by atoms with van der Waals surface area (Å²) in [6.07, 6.45) is 4.38. The van der Waals surface area contributed by atoms with Crippen LogP contribution in [0.5, 0.6) is 0 Å². The number of ether oxygens (including phenoxy) is 1. The molecule has 3 aromatic rings. The molecule has 5 N–H and O–H groups in total. The van der Waals surface area contributed by atoms with Crippen LogP contribution in [-0.4, -0.2) is 58.2 Å². The molecule has 3 aromatic heterocycles. The number of hydrogen-bond donors (Lipinski definition) is 4. The number of thiophene rings is 1. The van der Waals surface area contributed by atoms with Gasteiger partial charge in [-0.1, -0.05) is 6.42 Å². The zero-order valence-electron chi connectivity index (χ0n) is 22.3. The molecule has 3 heterocycles. The molecule has 0 aromatic carbocycles. The van der Waals surface area contributed by atoms with Crippen molar-refractivity contribution in [3.8, 4) is 10.6 Å². The van der Waals surface area contributed by atoms with Crippen LogP contribution in [0.1, 0.15) is 43.7 Å². The van der Waals surface area contributed by atoms with Crippen molar-refractivity contribution >= 4 is 34.9 Å². The van der Waals surface area contributed by atoms with Crippen molar-refractivity contribution < 1.29 is 23.5 Å². The maximum Gasteiger partial charge on any atom is 0.328 e. The Morgan fingerprint density at radius 2 is 1.95 bits per heavy atom. The highest BCUT2D eigenvalue weighted by Gasteiger charge is 2.41. The molecule has 2 atom stereocenters. The third-order valence-corrected chi connectivity index (χ3v) is 7.80. The number of aromatic nitrogens is 3. The summed E-state index contributed by atoms with van der Waals surface area (Å²) in [7, 11) is 0. The lowest BCUT2D eigenvalue weighted by Crippen LogP contribution is -2.46. The maximum absolute atomic E-state index is 14.4. The van der Waals surface area contributed by atoms with Crippen LogP contribution in [0.4, 0.5) is 10.2 Å². The van der Waals surface area contributed by atoms with E-state index >= 15 is 0 Å². The van der Waals surface area contributed by atoms with Crippen molar-refractivity contribution in [2.45, 2.75) is 57.2 Å². The van der Waals surface area contributed by atoms with Crippen LogP contribution >= 0.6 is 11.3 Å². The van der Waals surface area contributed by atoms with Crippen molar-refractivity contribution in [1.29, 1.82) is 0 Å². The highest BCUT2D eigenvalue weighted by atomic mass is 32.1. The molecule has 0 radical (unpaired) electrons. The first-order valence-electron chi connectivity index (χ1n) is 12.9. The fraction of sp³-hybridized carbons (Fsp3) is 0.407. The molecule has 1 aliphatic rings. The van der Waals surface area contributed by atoms with Gasteiger partial charge in [0.1, 0.15) is 23.4 Å². The summed E-state index contributed by atoms with van der Waals surface area (Å²) in [6, 6.07) is 8.80. The van der Waals surface area contributed by atoms with Gasteiger partial charge in [0.2, 0.25) is 5.91 Å². The number of carbonyl (C=O) groups excluding carboxylic acids is 3. The Kier molecular flexibility index (Phi) is 9.38. The summed E-state index contributed by atoms with van der Waals surface area (Å²) in [4.78, 5) is 41.7. The topological polar surface area (TPSA) is 161 Å². The van der Waals surface area contributed by atoms with Crippen LogP contribution in [0.2, 0.25) is 0 Å². The molecule has 212 valence electrons. The van der Waals surface area contributed by atoms with Gasteiger partial charge in [0.05, 0.1) is 23.2 Å². The molecule has 1 saturated carbocycles. The minimum absolute atomic E-state index is 0.247. The van der Waals surface area contributed by atoms with Gasteiger partial charge in [0, 0.05) is 23.0 Å². The van der Waals surface area contributed by atoms with Crippen LogP contribution in [-0.2, 0) is 31.1 Å². The SMILES string of the molecule is CC(N)C(=O)NC(C)C(=O)OCC(=O)NCc1ccc(-c2ccc(NCC3(c4ncccc4F)CCC3)nn2)s1. The fourth-order valence-electron chi connectivity index (χ4n) is 4.21. The predicted octanol–water partition coefficient (Wildman–Crippen LogP) is 2.28. The van der Waals surface area contributed by atoms with Gasteiger partial charge in [-0.15, -0.1) is 21.5 Å². The highest BCUT2D eigenvalue weighted by Crippen LogP contribution is 2.43. The number of pyridine rings is 1. The Balaban J connectivity index is 1.23. The maximum atomic E-state index is 14.4. The van der Waals surface area contributed by atoms with Crippen molar-refractivity contribution in [2.24, 2.45) is 5.73 Å². The lowest BCUT2D eigenvalue weighted by atomic mass is 9.66. The number of carbonyl (C=O) groups is 3. The van der Waals surface area contributed by atoms with Gasteiger partial charge in [-0.3, -0.25) is 14.6 Å². The van der Waals surface area contributed by atoms with Gasteiger partial charge in [0.25, 0.3) is 5.91 Å². The predicted molar refractivity (Wildman–Crippen MR) is 148 cm³/mol. The van der Waals surface area contributed by atoms with E-state index in [0.717, 1.165) is 29.0 Å². The largest absolute Gasteiger partial charge is 0.454 e. The van der Waals surface area contributed by atoms with Gasteiger partial charge in [-0.25, -0.2) is 9.18 Å². The van der Waals surface area contributed by atoms with E-state index in [1.807, 2.05) is 24.3 Å². The summed E-state index contributed by atoms with van der Waals surface area (Å²) < 4.78 is 19.3. The molecular formula is C27H32FN7O4S. The summed E-state index contributed by atoms with van der Waals surface area (Å²) in [5.41, 5.74) is 6.29. The zero-order chi connectivity index (χ0) is 28.7. The molecule has 1 fully saturated rings. The number of hydrogen-bond acceptors (Lipinski definition) is 10. The number of anilines is 1. The summed E-state index contributed by atoms with van der Waals surface area (Å²) >= 11 is 1.45. The Labute approximate surface area is 235 Å². The number of halogens is 1. The smallest absolute Gasteiger partial charge is 0.328 e. The van der Waals surface area contributed by atoms with Crippen molar-refractivity contribution in [2.75, 3.05) is 18.5 Å². The standard InChI is InChI=1S/C27H32FN7O4S/c1-16(29)25(37)33-17(2)26(38)39-14-23(36)31-13-18-6-8-21(40-18)20-7-9-22(35-34-20)32-15-27(10-4-11-27)24-19(28)5-3-12-30-24/h3,5-9,12,16-17H,4,10-11,13-15,29H2,1-2H3,(H,31,36)(H,32,35)(H,33,37). The Bertz CT molecular complexity index is 1340. The second kappa shape index (κ2) is 12.9. The first-order chi connectivity index (χ1) is 19.2. The molecule has 2 unspecified atom stereocenters. The highest BCUT2D eigenvalue weighted by molar-refractivity contribution is 7.15. The lowest BCUT2D eigenvalue weighted by Gasteiger charge is -2.41. The normalized spacial score (nSPS) is 15.3. The van der Waals surface area contributed by atoms with Crippen LogP contribution in [0.15, 0.2) is 42.6 Å². The molecule has 40 heavy (non-hydrogen) atoms. The third kappa shape index (κ3) is 7.16. The van der Waals surface area contributed by atoms with E-state index < -0.39 is 36.5 Å². The number of nitrogens with zero attached hydrogens (tertiary/aromatic N) is 3. The summed E-state index contributed by atoms with van der Waals surface area (Å²) in [5, 5.41) is 17.0. The first kappa shape index (κ1) is 29.0. The quantitative estimate of drug-likeness (QED) is 0.240. The molecule has 13 heteroatoms. The lowest BCUT2D eigenvalue weighted by molar-refractivity contribution is -0.151. The zero-order valence-corrected chi connectivity index (χ0v) is 23.1. The van der Waals surface area contributed by atoms with E-state index in [1.54, 1.807) is 12.3 Å². The minimum atomic E-state index is -0.919. The number of esters is 1. The van der Waals surface area contributed by atoms with Gasteiger partial charge in [0.15, 0.2) is 6.61 Å². The first-order valence-corrected chi connectivity index (χ1v) is 13.8. The minimum Gasteiger partial charge on any atom is -0.454 e. The van der Waals surface area contributed by atoms with Gasteiger partial charge < -0.3 is 26.4 Å². The van der Waals surface area contributed by atoms with Crippen molar-refractivity contribution in [3.63, 3.8) is 0 Å². The number of amides is 2. The average Bonchev–Trinajstić information content (AvgIpc) is 3.40. The van der Waals surface area contributed by atoms with Crippen molar-refractivity contribution in [1.82, 2.24) is 25.8 Å². The third-order valence-electron chi connectivity index (χ3n) is 6.69. The van der Waals surface area contributed by atoms with E-state index in [4.69, 9.17) is 10.5 Å². The van der Waals surface area contributed by atoms with Gasteiger partial charge in [-0.2, -0.15) is 0 Å². The van der Waals surface area contributed by atoms with Crippen LogP contribution in [0.3, 0.4) is 0 Å². The van der Waals surface area contributed by atoms with E-state index in [1.165, 1.54) is 31.3 Å². The number of nitrogens with one attached hydrogen (secondary N) is 3. The molecule has 11 nitrogen and oxygen atoms in total. The molecule has 0 aliphatic heterocycles. The Morgan fingerprint density at radius 1 is 1.15 bits per heavy atom. The molecule has 2 amide bonds. The van der Waals surface area contributed by atoms with E-state index in [2.05, 4.69) is 31.1 Å². The summed E-state index contributed by atoms with van der Waals surface area (Å²) in [5.74, 6) is -1.38.